The van der Waals surface area contributed by atoms with E-state index in [2.05, 4.69) is 12.2 Å². The number of carbonyl (C=O) groups is 1. The second-order valence-corrected chi connectivity index (χ2v) is 3.32. The number of rotatable bonds is 5. The molecule has 0 aromatic heterocycles. The fourth-order valence-corrected chi connectivity index (χ4v) is 1.13. The zero-order valence-corrected chi connectivity index (χ0v) is 8.28. The topological polar surface area (TPSA) is 63.3 Å². The maximum atomic E-state index is 11.0. The number of Topliss-reactive ketones (excluding diaryl/α,β-unsaturated/α-hetero) is 1. The number of nitrogens with two attached hydrogens (primary N) is 1. The summed E-state index contributed by atoms with van der Waals surface area (Å²) in [6.07, 6.45) is 2.14. The third kappa shape index (κ3) is 2.53. The number of carbonyl (C=O) groups excluding carboxylic acids is 1. The average Bonchev–Trinajstić information content (AvgIpc) is 1.99. The number of unbranched alkanes of at least 4 members (excludes halogenated alkanes) is 1. The van der Waals surface area contributed by atoms with Gasteiger partial charge in [0.2, 0.25) is 0 Å². The van der Waals surface area contributed by atoms with Crippen LogP contribution < -0.4 is 5.73 Å². The number of hydrogen-bond donors (Lipinski definition) is 2. The summed E-state index contributed by atoms with van der Waals surface area (Å²) in [6, 6.07) is 0. The van der Waals surface area contributed by atoms with Gasteiger partial charge in [0.05, 0.1) is 0 Å². The highest BCUT2D eigenvalue weighted by atomic mass is 32.1. The summed E-state index contributed by atoms with van der Waals surface area (Å²) in [5.41, 5.74) is 4.33. The molecule has 0 rings (SSSR count). The molecule has 0 aliphatic heterocycles. The van der Waals surface area contributed by atoms with Crippen molar-refractivity contribution in [2.24, 2.45) is 5.73 Å². The van der Waals surface area contributed by atoms with E-state index in [1.807, 2.05) is 6.92 Å². The molecule has 0 spiro atoms. The highest BCUT2D eigenvalue weighted by molar-refractivity contribution is 7.80. The van der Waals surface area contributed by atoms with Crippen LogP contribution >= 0.6 is 12.2 Å². The molecule has 0 aliphatic rings. The average molecular weight is 189 g/mol. The molecule has 0 radical (unpaired) electrons. The molecular formula is C8H15NO2S. The summed E-state index contributed by atoms with van der Waals surface area (Å²) in [4.78, 5) is 11.0. The molecule has 0 amide bonds. The van der Waals surface area contributed by atoms with E-state index in [1.165, 1.54) is 6.92 Å². The molecular weight excluding hydrogens is 174 g/mol. The molecule has 0 bridgehead atoms. The summed E-state index contributed by atoms with van der Waals surface area (Å²) in [5.74, 6) is -0.275. The van der Waals surface area contributed by atoms with E-state index in [0.717, 1.165) is 12.8 Å². The minimum Gasteiger partial charge on any atom is -0.500 e. The lowest BCUT2D eigenvalue weighted by molar-refractivity contribution is -0.120. The number of hydrogen-bond acceptors (Lipinski definition) is 3. The second kappa shape index (κ2) is 4.52. The third-order valence-corrected chi connectivity index (χ3v) is 2.30. The molecule has 0 aromatic carbocycles. The Morgan fingerprint density at radius 3 is 2.42 bits per heavy atom. The maximum absolute atomic E-state index is 11.0. The molecule has 0 saturated heterocycles. The third-order valence-electron chi connectivity index (χ3n) is 1.93. The van der Waals surface area contributed by atoms with Gasteiger partial charge in [-0.1, -0.05) is 19.8 Å². The monoisotopic (exact) mass is 189 g/mol. The molecule has 4 heteroatoms. The molecule has 1 atom stereocenters. The van der Waals surface area contributed by atoms with Gasteiger partial charge >= 0.3 is 0 Å². The lowest BCUT2D eigenvalue weighted by atomic mass is 9.91. The van der Waals surface area contributed by atoms with Gasteiger partial charge in [-0.05, 0) is 25.6 Å². The first-order valence-electron chi connectivity index (χ1n) is 3.98. The van der Waals surface area contributed by atoms with Crippen LogP contribution in [0.5, 0.6) is 0 Å². The first-order chi connectivity index (χ1) is 5.45. The highest BCUT2D eigenvalue weighted by Crippen LogP contribution is 2.14. The Labute approximate surface area is 77.9 Å². The summed E-state index contributed by atoms with van der Waals surface area (Å²) in [5, 5.41) is 8.65. The number of thiocarbonyl (C=S) groups is 1. The van der Waals surface area contributed by atoms with E-state index in [1.54, 1.807) is 0 Å². The predicted molar refractivity (Wildman–Crippen MR) is 52.4 cm³/mol. The van der Waals surface area contributed by atoms with Crippen LogP contribution in [0.15, 0.2) is 0 Å². The van der Waals surface area contributed by atoms with E-state index in [0.29, 0.717) is 6.42 Å². The Kier molecular flexibility index (Phi) is 4.34. The quantitative estimate of drug-likeness (QED) is 0.641. The fraction of sp³-hybridized carbons (Fsp3) is 0.750. The standard InChI is InChI=1S/C8H15NO2S/c1-3-4-5-8(9,6(2)10)7(11)12/h3-5,9H2,1-2H3,(H,11,12). The molecule has 12 heavy (non-hydrogen) atoms. The fourth-order valence-electron chi connectivity index (χ4n) is 0.889. The molecule has 70 valence electrons. The van der Waals surface area contributed by atoms with Crippen LogP contribution in [-0.4, -0.2) is 21.5 Å². The van der Waals surface area contributed by atoms with Crippen molar-refractivity contribution in [1.82, 2.24) is 0 Å². The van der Waals surface area contributed by atoms with Crippen LogP contribution in [0.3, 0.4) is 0 Å². The number of ketones is 1. The lowest BCUT2D eigenvalue weighted by Gasteiger charge is -2.23. The van der Waals surface area contributed by atoms with Gasteiger partial charge in [0.1, 0.15) is 5.54 Å². The minimum absolute atomic E-state index is 0.275. The van der Waals surface area contributed by atoms with Crippen molar-refractivity contribution in [3.8, 4) is 0 Å². The van der Waals surface area contributed by atoms with Gasteiger partial charge < -0.3 is 10.8 Å². The van der Waals surface area contributed by atoms with E-state index < -0.39 is 10.6 Å². The molecule has 0 aliphatic carbocycles. The summed E-state index contributed by atoms with van der Waals surface area (Å²) in [6.45, 7) is 3.33. The van der Waals surface area contributed by atoms with E-state index >= 15 is 0 Å². The van der Waals surface area contributed by atoms with Gasteiger partial charge in [0.25, 0.3) is 0 Å². The molecule has 0 aromatic rings. The Bertz CT molecular complexity index is 177. The molecule has 3 nitrogen and oxygen atoms in total. The van der Waals surface area contributed by atoms with Gasteiger partial charge in [-0.25, -0.2) is 0 Å². The number of aliphatic hydroxyl groups is 1. The predicted octanol–water partition coefficient (Wildman–Crippen LogP) is 1.35. The van der Waals surface area contributed by atoms with Crippen molar-refractivity contribution in [2.45, 2.75) is 38.6 Å². The van der Waals surface area contributed by atoms with E-state index in [4.69, 9.17) is 10.8 Å². The summed E-state index contributed by atoms with van der Waals surface area (Å²) in [7, 11) is 0. The van der Waals surface area contributed by atoms with E-state index in [-0.39, 0.29) is 5.78 Å². The van der Waals surface area contributed by atoms with Gasteiger partial charge in [-0.15, -0.1) is 0 Å². The van der Waals surface area contributed by atoms with Crippen LogP contribution in [-0.2, 0) is 4.79 Å². The van der Waals surface area contributed by atoms with Gasteiger partial charge in [0, 0.05) is 0 Å². The largest absolute Gasteiger partial charge is 0.500 e. The Morgan fingerprint density at radius 1 is 1.67 bits per heavy atom. The van der Waals surface area contributed by atoms with E-state index in [9.17, 15) is 4.79 Å². The Hall–Kier alpha value is -0.480. The van der Waals surface area contributed by atoms with Crippen molar-refractivity contribution in [1.29, 1.82) is 0 Å². The normalized spacial score (nSPS) is 15.2. The van der Waals surface area contributed by atoms with Gasteiger partial charge in [-0.2, -0.15) is 0 Å². The summed E-state index contributed by atoms with van der Waals surface area (Å²) >= 11 is 4.53. The van der Waals surface area contributed by atoms with Crippen molar-refractivity contribution in [3.63, 3.8) is 0 Å². The lowest BCUT2D eigenvalue weighted by Crippen LogP contribution is -2.53. The summed E-state index contributed by atoms with van der Waals surface area (Å²) < 4.78 is 0. The minimum atomic E-state index is -1.30. The van der Waals surface area contributed by atoms with Crippen molar-refractivity contribution in [2.75, 3.05) is 0 Å². The van der Waals surface area contributed by atoms with Crippen molar-refractivity contribution in [3.05, 3.63) is 0 Å². The van der Waals surface area contributed by atoms with Crippen LogP contribution in [0, 0.1) is 0 Å². The van der Waals surface area contributed by atoms with Crippen LogP contribution in [0.1, 0.15) is 33.1 Å². The molecule has 0 saturated carbocycles. The second-order valence-electron chi connectivity index (χ2n) is 2.94. The van der Waals surface area contributed by atoms with Crippen LogP contribution in [0.2, 0.25) is 0 Å². The van der Waals surface area contributed by atoms with Crippen LogP contribution in [0.4, 0.5) is 0 Å². The highest BCUT2D eigenvalue weighted by Gasteiger charge is 2.34. The van der Waals surface area contributed by atoms with Crippen molar-refractivity contribution < 1.29 is 9.90 Å². The Morgan fingerprint density at radius 2 is 2.17 bits per heavy atom. The maximum Gasteiger partial charge on any atom is 0.184 e. The molecule has 0 fully saturated rings. The van der Waals surface area contributed by atoms with Gasteiger partial charge in [0.15, 0.2) is 10.8 Å². The molecule has 1 unspecified atom stereocenters. The zero-order valence-electron chi connectivity index (χ0n) is 7.46. The smallest absolute Gasteiger partial charge is 0.184 e. The SMILES string of the molecule is CCCCC(N)(C(C)=O)C(O)=S. The Balaban J connectivity index is 4.40. The molecule has 0 heterocycles. The number of aliphatic hydroxyl groups excluding tert-OH is 1. The molecule has 3 N–H and O–H groups in total. The van der Waals surface area contributed by atoms with Crippen molar-refractivity contribution >= 4 is 23.1 Å². The van der Waals surface area contributed by atoms with Crippen LogP contribution in [0.25, 0.3) is 0 Å². The van der Waals surface area contributed by atoms with Gasteiger partial charge in [-0.3, -0.25) is 4.79 Å². The first-order valence-corrected chi connectivity index (χ1v) is 4.39. The zero-order chi connectivity index (χ0) is 9.78. The first kappa shape index (κ1) is 11.5.